The number of halogens is 8. The summed E-state index contributed by atoms with van der Waals surface area (Å²) in [5, 5.41) is 65.0. The van der Waals surface area contributed by atoms with Crippen LogP contribution in [0.3, 0.4) is 0 Å². The van der Waals surface area contributed by atoms with Gasteiger partial charge >= 0.3 is 14.2 Å². The van der Waals surface area contributed by atoms with Crippen LogP contribution >= 0.6 is 101 Å². The Bertz CT molecular complexity index is 4800. The fourth-order valence-corrected chi connectivity index (χ4v) is 13.2. The summed E-state index contributed by atoms with van der Waals surface area (Å²) in [6, 6.07) is 52.8. The van der Waals surface area contributed by atoms with Crippen molar-refractivity contribution in [2.24, 2.45) is 29.6 Å². The Morgan fingerprint density at radius 2 is 0.750 bits per heavy atom. The van der Waals surface area contributed by atoms with Crippen LogP contribution in [0, 0.1) is 29.6 Å². The maximum absolute atomic E-state index is 10.9. The minimum absolute atomic E-state index is 0.0495. The Morgan fingerprint density at radius 3 is 1.00 bits per heavy atom. The van der Waals surface area contributed by atoms with Gasteiger partial charge in [-0.1, -0.05) is 149 Å². The minimum atomic E-state index is -3.42. The van der Waals surface area contributed by atoms with Crippen molar-refractivity contribution in [1.82, 2.24) is 51.0 Å². The molecular weight excluding hydrogens is 1940 g/mol. The van der Waals surface area contributed by atoms with Crippen LogP contribution in [0.1, 0.15) is 130 Å². The first kappa shape index (κ1) is 112. The van der Waals surface area contributed by atoms with E-state index in [1.807, 2.05) is 197 Å². The lowest BCUT2D eigenvalue weighted by molar-refractivity contribution is 0.00578. The van der Waals surface area contributed by atoms with Crippen LogP contribution < -0.4 is 35.2 Å². The van der Waals surface area contributed by atoms with Gasteiger partial charge in [0.15, 0.2) is 25.8 Å². The van der Waals surface area contributed by atoms with E-state index in [1.54, 1.807) is 48.5 Å². The van der Waals surface area contributed by atoms with E-state index < -0.39 is 19.2 Å². The number of aromatic nitrogens is 8. The molecule has 6 atom stereocenters. The van der Waals surface area contributed by atoms with Crippen LogP contribution in [0.15, 0.2) is 170 Å². The van der Waals surface area contributed by atoms with Gasteiger partial charge in [0.25, 0.3) is 10.1 Å². The topological polar surface area (TPSA) is 330 Å². The monoisotopic (exact) mass is 2050 g/mol. The summed E-state index contributed by atoms with van der Waals surface area (Å²) in [5.74, 6) is 4.88. The molecule has 0 bridgehead atoms. The molecule has 26 nitrogen and oxygen atoms in total. The molecule has 4 N–H and O–H groups in total. The third-order valence-electron chi connectivity index (χ3n) is 20.2. The Hall–Kier alpha value is -6.21. The zero-order valence-corrected chi connectivity index (χ0v) is 85.0. The Morgan fingerprint density at radius 1 is 0.445 bits per heavy atom. The lowest BCUT2D eigenvalue weighted by Crippen LogP contribution is -2.41. The van der Waals surface area contributed by atoms with E-state index in [0.29, 0.717) is 63.3 Å². The van der Waals surface area contributed by atoms with Crippen LogP contribution in [0.25, 0.3) is 33.8 Å². The van der Waals surface area contributed by atoms with Gasteiger partial charge in [-0.05, 0) is 270 Å². The average molecular weight is 2060 g/mol. The molecule has 128 heavy (non-hydrogen) atoms. The van der Waals surface area contributed by atoms with Gasteiger partial charge in [-0.2, -0.15) is 8.42 Å². The molecule has 38 heteroatoms. The summed E-state index contributed by atoms with van der Waals surface area (Å²) in [6.07, 6.45) is 7.35. The SMILES string of the molecule is CC(CBr)CBr.CC1(C)OB(c2ccc(O)cc2)OC1(C)C.CS(=O)(=O)Cl.C[C@@H](CO)COc1ccc(-c2ccc(Cl)nn2)cc1.C[C@@H](CO)COc1ccc(B2OC(C)(C)C(C)(C)O2)cc1.C[C@@H]1CCCN1.C[C@H](COc1ccc(-c2ccc(Cl)nn2)cc1)CN1CCC[C@H]1C.C[C@H](COc1ccc(-c2ccc(Cl)nn2)cc1)COS(C)(=O)=O.Clc1ccc(Cl)nn1. The van der Waals surface area contributed by atoms with Crippen molar-refractivity contribution in [3.63, 3.8) is 0 Å². The number of likely N-dealkylation sites (tertiary alicyclic amines) is 1. The van der Waals surface area contributed by atoms with Gasteiger partial charge in [0, 0.05) is 93.5 Å². The first-order valence-electron chi connectivity index (χ1n) is 41.8. The molecule has 0 unspecified atom stereocenters. The van der Waals surface area contributed by atoms with Crippen molar-refractivity contribution >= 4 is 145 Å². The summed E-state index contributed by atoms with van der Waals surface area (Å²) in [7, 11) is -2.81. The highest BCUT2D eigenvalue weighted by atomic mass is 79.9. The number of alkyl halides is 2. The predicted molar refractivity (Wildman–Crippen MR) is 523 cm³/mol. The third-order valence-corrected chi connectivity index (χ3v) is 24.0. The van der Waals surface area contributed by atoms with Gasteiger partial charge < -0.3 is 63.1 Å². The van der Waals surface area contributed by atoms with E-state index in [2.05, 4.69) is 121 Å². The second-order valence-corrected chi connectivity index (χ2v) is 41.3. The summed E-state index contributed by atoms with van der Waals surface area (Å²) in [5.41, 5.74) is 5.75. The Labute approximate surface area is 804 Å². The Kier molecular flexibility index (Phi) is 49.2. The fraction of sp³-hybridized carbons (Fsp3) is 0.489. The minimum Gasteiger partial charge on any atom is -0.508 e. The quantitative estimate of drug-likeness (QED) is 0.0169. The van der Waals surface area contributed by atoms with Crippen LogP contribution in [0.4, 0.5) is 0 Å². The highest BCUT2D eigenvalue weighted by Gasteiger charge is 2.53. The van der Waals surface area contributed by atoms with Crippen LogP contribution in [0.2, 0.25) is 25.8 Å². The standard InChI is InChI=1S/C19H24ClN3O.C16H25BO4.C15H17ClN2O4S.C14H15ClN2O2.C12H17BO3.C5H11N.C4H8Br2.C4H2Cl2N2.CH3ClO2S/c1-14(12-23-11-3-4-15(23)2)13-24-17-7-5-16(6-8-17)18-9-10-19(20)22-21-18;1-12(10-18)11-19-14-8-6-13(7-9-14)17-20-15(2,3)16(4,5)21-17;1-11(10-22-23(2,19)20)9-21-13-5-3-12(4-6-13)14-7-8-15(16)18-17-14;1-10(8-18)9-19-12-4-2-11(3-5-12)13-6-7-14(15)17-16-13;1-11(2)12(3,4)16-13(15-11)9-5-7-10(14)8-6-9;1-5-3-2-4-6-5;1-4(2-5)3-6;5-3-1-2-4(6)8-7-3;1-5(2,3)4/h5-10,14-15H,3-4,11-13H2,1-2H3;6-9,12,18H,10-11H2,1-5H3;3-8,11H,9-10H2,1-2H3;2-7,10,18H,8-9H2,1H3;5-8,14H,1-4H3;5-6H,2-4H2,1H3;4H,2-3H2,1H3;1-2H;1H3/t14-,15+;12-;11-;10-;;5-;;;/m0010.1.../s1. The second kappa shape index (κ2) is 56.1. The van der Waals surface area contributed by atoms with E-state index in [0.717, 1.165) is 110 Å². The molecule has 0 radical (unpaired) electrons. The number of phenolic OH excluding ortho intramolecular Hbond substituents is 1. The predicted octanol–water partition coefficient (Wildman–Crippen LogP) is 18.7. The van der Waals surface area contributed by atoms with Gasteiger partial charge in [0.2, 0.25) is 9.05 Å². The summed E-state index contributed by atoms with van der Waals surface area (Å²) >= 11 is 34.6. The molecule has 8 heterocycles. The molecule has 0 aliphatic carbocycles. The van der Waals surface area contributed by atoms with Crippen LogP contribution in [-0.2, 0) is 42.0 Å². The van der Waals surface area contributed by atoms with E-state index in [1.165, 1.54) is 38.8 Å². The van der Waals surface area contributed by atoms with E-state index in [4.69, 9.17) is 110 Å². The summed E-state index contributed by atoms with van der Waals surface area (Å²) in [6.45, 7) is 37.0. The first-order valence-corrected chi connectivity index (χ1v) is 50.5. The summed E-state index contributed by atoms with van der Waals surface area (Å²) < 4.78 is 91.9. The number of benzene rings is 5. The molecule has 4 aromatic heterocycles. The molecule has 4 aliphatic heterocycles. The molecule has 5 aromatic carbocycles. The molecule has 0 saturated carbocycles. The molecule has 0 spiro atoms. The van der Waals surface area contributed by atoms with Gasteiger partial charge in [0.05, 0.1) is 85.0 Å². The number of aliphatic hydroxyl groups is 2. The molecule has 0 amide bonds. The second-order valence-electron chi connectivity index (χ2n) is 33.4. The highest BCUT2D eigenvalue weighted by Crippen LogP contribution is 2.38. The van der Waals surface area contributed by atoms with Crippen molar-refractivity contribution < 1.29 is 73.9 Å². The van der Waals surface area contributed by atoms with Gasteiger partial charge in [-0.3, -0.25) is 4.18 Å². The van der Waals surface area contributed by atoms with Crippen LogP contribution in [-0.4, -0.2) is 216 Å². The normalized spacial score (nSPS) is 17.2. The Balaban J connectivity index is 0.000000266. The largest absolute Gasteiger partial charge is 0.508 e. The molecule has 702 valence electrons. The zero-order valence-electron chi connectivity index (χ0n) is 75.7. The smallest absolute Gasteiger partial charge is 0.494 e. The first-order chi connectivity index (χ1) is 60.2. The molecule has 9 aromatic rings. The van der Waals surface area contributed by atoms with Gasteiger partial charge in [-0.15, -0.1) is 40.8 Å². The van der Waals surface area contributed by atoms with Crippen molar-refractivity contribution in [2.75, 3.05) is 89.1 Å². The fourth-order valence-electron chi connectivity index (χ4n) is 11.2. The number of nitrogens with zero attached hydrogens (tertiary/aromatic N) is 9. The van der Waals surface area contributed by atoms with Crippen molar-refractivity contribution in [1.29, 1.82) is 0 Å². The average Bonchev–Trinajstić information content (AvgIpc) is 1.62. The number of aromatic hydroxyl groups is 1. The van der Waals surface area contributed by atoms with E-state index in [-0.39, 0.29) is 80.0 Å². The van der Waals surface area contributed by atoms with E-state index >= 15 is 0 Å². The maximum Gasteiger partial charge on any atom is 0.494 e. The number of hydrogen-bond acceptors (Lipinski definition) is 26. The third kappa shape index (κ3) is 43.6. The molecule has 13 rings (SSSR count). The molecule has 4 fully saturated rings. The number of aliphatic hydroxyl groups excluding tert-OH is 2. The van der Waals surface area contributed by atoms with Crippen LogP contribution in [0.5, 0.6) is 28.7 Å². The number of hydrogen-bond donors (Lipinski definition) is 4. The van der Waals surface area contributed by atoms with Crippen molar-refractivity contribution in [2.45, 2.75) is 164 Å². The van der Waals surface area contributed by atoms with Crippen molar-refractivity contribution in [3.05, 3.63) is 196 Å². The highest BCUT2D eigenvalue weighted by molar-refractivity contribution is 9.09. The van der Waals surface area contributed by atoms with Gasteiger partial charge in [0.1, 0.15) is 28.7 Å². The molecule has 4 saturated heterocycles. The molecular formula is C90H122B2Br2Cl6N10O16S2. The van der Waals surface area contributed by atoms with Gasteiger partial charge in [-0.25, -0.2) is 8.42 Å². The lowest BCUT2D eigenvalue weighted by atomic mass is 9.79. The maximum atomic E-state index is 10.9. The van der Waals surface area contributed by atoms with Crippen molar-refractivity contribution in [3.8, 4) is 62.5 Å². The number of rotatable bonds is 26. The summed E-state index contributed by atoms with van der Waals surface area (Å²) in [4.78, 5) is 2.57. The number of nitrogens with one attached hydrogen (secondary N) is 1. The number of ether oxygens (including phenoxy) is 4. The zero-order chi connectivity index (χ0) is 95.0. The number of phenols is 1. The van der Waals surface area contributed by atoms with E-state index in [9.17, 15) is 21.9 Å². The lowest BCUT2D eigenvalue weighted by Gasteiger charge is -2.32. The molecule has 4 aliphatic rings.